The Kier molecular flexibility index (Phi) is 71.5. The highest BCUT2D eigenvalue weighted by atomic mass is 31.2. The molecule has 0 aliphatic heterocycles. The maximum atomic E-state index is 12.8. The number of carbonyl (C=O) groups excluding carboxylic acids is 2. The van der Waals surface area contributed by atoms with E-state index in [4.69, 9.17) is 24.3 Å². The van der Waals surface area contributed by atoms with Crippen molar-refractivity contribution in [2.75, 3.05) is 26.4 Å². The van der Waals surface area contributed by atoms with Crippen molar-refractivity contribution < 1.29 is 37.6 Å². The SMILES string of the molecule is CC/C=C\C/C=C\C/C=C\C/C=C\C/C=C\C/C=C\C/C=C\C/C=C\C/C=C\C/C=C\CCCCCCC(=O)OC(COC(=O)CCCCCCCCCCCCCCCCCCCCCCCCCCCCCCCCCCCC)COP(=O)(O)OCCN. The minimum absolute atomic E-state index is 0.0442. The van der Waals surface area contributed by atoms with Crippen molar-refractivity contribution in [3.63, 3.8) is 0 Å². The van der Waals surface area contributed by atoms with Crippen LogP contribution >= 0.6 is 7.82 Å². The molecule has 0 aromatic carbocycles. The Bertz CT molecular complexity index is 1890. The molecule has 0 rings (SSSR count). The van der Waals surface area contributed by atoms with Crippen LogP contribution in [-0.2, 0) is 32.7 Å². The zero-order valence-corrected chi connectivity index (χ0v) is 59.2. The first-order valence-corrected chi connectivity index (χ1v) is 39.0. The van der Waals surface area contributed by atoms with Gasteiger partial charge in [0.15, 0.2) is 6.10 Å². The van der Waals surface area contributed by atoms with E-state index in [0.717, 1.165) is 109 Å². The summed E-state index contributed by atoms with van der Waals surface area (Å²) in [6.07, 6.45) is 105. The molecule has 0 fully saturated rings. The van der Waals surface area contributed by atoms with Gasteiger partial charge in [0.25, 0.3) is 0 Å². The van der Waals surface area contributed by atoms with Gasteiger partial charge in [-0.2, -0.15) is 0 Å². The average Bonchev–Trinajstić information content (AvgIpc) is 3.75. The Hall–Kier alpha value is -3.59. The van der Waals surface area contributed by atoms with Gasteiger partial charge in [0.05, 0.1) is 13.2 Å². The number of phosphoric acid groups is 1. The lowest BCUT2D eigenvalue weighted by molar-refractivity contribution is -0.161. The van der Waals surface area contributed by atoms with Crippen LogP contribution in [0.4, 0.5) is 0 Å². The molecular weight excluding hydrogens is 1130 g/mol. The maximum absolute atomic E-state index is 12.8. The summed E-state index contributed by atoms with van der Waals surface area (Å²) >= 11 is 0. The van der Waals surface area contributed by atoms with E-state index in [1.54, 1.807) is 0 Å². The predicted molar refractivity (Wildman–Crippen MR) is 390 cm³/mol. The lowest BCUT2D eigenvalue weighted by atomic mass is 10.0. The molecule has 0 heterocycles. The highest BCUT2D eigenvalue weighted by Crippen LogP contribution is 2.43. The van der Waals surface area contributed by atoms with Crippen molar-refractivity contribution in [3.8, 4) is 0 Å². The van der Waals surface area contributed by atoms with E-state index >= 15 is 0 Å². The molecule has 3 N–H and O–H groups in total. The third-order valence-corrected chi connectivity index (χ3v) is 17.1. The van der Waals surface area contributed by atoms with Gasteiger partial charge in [-0.25, -0.2) is 4.57 Å². The third kappa shape index (κ3) is 73.5. The second kappa shape index (κ2) is 74.4. The number of nitrogens with two attached hydrogens (primary N) is 1. The summed E-state index contributed by atoms with van der Waals surface area (Å²) in [6, 6.07) is 0. The molecule has 0 radical (unpaired) electrons. The summed E-state index contributed by atoms with van der Waals surface area (Å²) in [4.78, 5) is 35.4. The van der Waals surface area contributed by atoms with Crippen LogP contribution in [0.2, 0.25) is 0 Å². The lowest BCUT2D eigenvalue weighted by Crippen LogP contribution is -2.29. The smallest absolute Gasteiger partial charge is 0.462 e. The number of esters is 2. The molecule has 0 aromatic rings. The van der Waals surface area contributed by atoms with Crippen molar-refractivity contribution in [2.45, 2.75) is 347 Å². The number of phosphoric ester groups is 1. The summed E-state index contributed by atoms with van der Waals surface area (Å²) in [5.74, 6) is -0.851. The van der Waals surface area contributed by atoms with Crippen LogP contribution in [0, 0.1) is 0 Å². The number of carbonyl (C=O) groups is 2. The molecule has 0 aliphatic carbocycles. The molecule has 0 aromatic heterocycles. The van der Waals surface area contributed by atoms with Gasteiger partial charge in [-0.1, -0.05) is 360 Å². The second-order valence-corrected chi connectivity index (χ2v) is 26.2. The molecule has 10 heteroatoms. The first kappa shape index (κ1) is 86.4. The van der Waals surface area contributed by atoms with E-state index in [9.17, 15) is 19.0 Å². The molecule has 0 aliphatic rings. The summed E-state index contributed by atoms with van der Waals surface area (Å²) < 4.78 is 33.2. The molecule has 90 heavy (non-hydrogen) atoms. The fourth-order valence-electron chi connectivity index (χ4n) is 10.6. The summed E-state index contributed by atoms with van der Waals surface area (Å²) in [7, 11) is -4.41. The standard InChI is InChI=1S/C80H140NO8P/c1-3-5-7-9-11-13-15-17-19-21-23-25-27-29-31-33-35-37-39-41-43-45-47-49-51-53-55-57-59-61-63-65-67-69-71-73-80(83)89-78(77-88-90(84,85)87-75-74-81)76-86-79(82)72-70-68-66-64-62-60-58-56-54-52-50-48-46-44-42-40-38-36-34-32-30-28-26-24-22-20-18-16-14-12-10-8-6-4-2/h5,7,11,13,17,19,23,25,29,31,35,37,41,43,47,49,53,55,59,61,78H,3-4,6,8-10,12,14-16,18,20-22,24,26-28,30,32-34,36,38-40,42,44-46,48,50-52,54,56-58,60,62-77,81H2,1-2H3,(H,84,85)/b7-5-,13-11-,19-17-,25-23-,31-29-,37-35-,43-41-,49-47-,55-53-,61-59-. The molecule has 518 valence electrons. The average molecular weight is 1270 g/mol. The largest absolute Gasteiger partial charge is 0.472 e. The fraction of sp³-hybridized carbons (Fsp3) is 0.725. The third-order valence-electron chi connectivity index (χ3n) is 16.1. The van der Waals surface area contributed by atoms with Gasteiger partial charge in [0, 0.05) is 19.4 Å². The molecule has 0 bridgehead atoms. The summed E-state index contributed by atoms with van der Waals surface area (Å²) in [6.45, 7) is 3.64. The van der Waals surface area contributed by atoms with E-state index in [2.05, 4.69) is 135 Å². The number of allylic oxidation sites excluding steroid dienone is 20. The van der Waals surface area contributed by atoms with Crippen molar-refractivity contribution in [1.82, 2.24) is 0 Å². The number of rotatable bonds is 70. The van der Waals surface area contributed by atoms with Crippen LogP contribution in [0.15, 0.2) is 122 Å². The van der Waals surface area contributed by atoms with Crippen LogP contribution < -0.4 is 5.73 Å². The lowest BCUT2D eigenvalue weighted by Gasteiger charge is -2.19. The monoisotopic (exact) mass is 1270 g/mol. The zero-order chi connectivity index (χ0) is 65.1. The van der Waals surface area contributed by atoms with Gasteiger partial charge in [0.2, 0.25) is 0 Å². The zero-order valence-electron chi connectivity index (χ0n) is 58.3. The van der Waals surface area contributed by atoms with E-state index in [1.807, 2.05) is 0 Å². The molecule has 9 nitrogen and oxygen atoms in total. The van der Waals surface area contributed by atoms with E-state index in [0.29, 0.717) is 6.42 Å². The summed E-state index contributed by atoms with van der Waals surface area (Å²) in [5.41, 5.74) is 5.40. The van der Waals surface area contributed by atoms with Crippen molar-refractivity contribution in [2.24, 2.45) is 5.73 Å². The Morgan fingerprint density at radius 2 is 0.611 bits per heavy atom. The molecule has 0 saturated heterocycles. The molecule has 2 atom stereocenters. The molecule has 2 unspecified atom stereocenters. The molecule has 0 amide bonds. The molecule has 0 spiro atoms. The van der Waals surface area contributed by atoms with Gasteiger partial charge >= 0.3 is 19.8 Å². The van der Waals surface area contributed by atoms with Crippen LogP contribution in [0.5, 0.6) is 0 Å². The highest BCUT2D eigenvalue weighted by Gasteiger charge is 2.26. The molecule has 0 saturated carbocycles. The van der Waals surface area contributed by atoms with Gasteiger partial charge in [-0.05, 0) is 89.9 Å². The van der Waals surface area contributed by atoms with Crippen LogP contribution in [0.25, 0.3) is 0 Å². The normalized spacial score (nSPS) is 13.6. The minimum Gasteiger partial charge on any atom is -0.462 e. The van der Waals surface area contributed by atoms with Crippen molar-refractivity contribution >= 4 is 19.8 Å². The number of hydrogen-bond donors (Lipinski definition) is 2. The quantitative estimate of drug-likeness (QED) is 0.0264. The molecular formula is C80H140NO8P. The van der Waals surface area contributed by atoms with E-state index < -0.39 is 26.5 Å². The van der Waals surface area contributed by atoms with Crippen molar-refractivity contribution in [1.29, 1.82) is 0 Å². The van der Waals surface area contributed by atoms with Gasteiger partial charge < -0.3 is 20.1 Å². The summed E-state index contributed by atoms with van der Waals surface area (Å²) in [5, 5.41) is 0. The van der Waals surface area contributed by atoms with Gasteiger partial charge in [-0.3, -0.25) is 18.6 Å². The Labute approximate surface area is 555 Å². The van der Waals surface area contributed by atoms with Crippen LogP contribution in [0.1, 0.15) is 341 Å². The minimum atomic E-state index is -4.41. The second-order valence-electron chi connectivity index (χ2n) is 24.8. The first-order valence-electron chi connectivity index (χ1n) is 37.5. The predicted octanol–water partition coefficient (Wildman–Crippen LogP) is 25.0. The fourth-order valence-corrected chi connectivity index (χ4v) is 11.4. The van der Waals surface area contributed by atoms with Crippen LogP contribution in [0.3, 0.4) is 0 Å². The van der Waals surface area contributed by atoms with E-state index in [-0.39, 0.29) is 38.6 Å². The number of hydrogen-bond acceptors (Lipinski definition) is 8. The topological polar surface area (TPSA) is 134 Å². The first-order chi connectivity index (χ1) is 44.3. The van der Waals surface area contributed by atoms with Crippen LogP contribution in [-0.4, -0.2) is 49.3 Å². The Balaban J connectivity index is 3.92. The van der Waals surface area contributed by atoms with Gasteiger partial charge in [-0.15, -0.1) is 0 Å². The maximum Gasteiger partial charge on any atom is 0.472 e. The van der Waals surface area contributed by atoms with E-state index in [1.165, 1.54) is 199 Å². The number of ether oxygens (including phenoxy) is 2. The highest BCUT2D eigenvalue weighted by molar-refractivity contribution is 7.47. The number of unbranched alkanes of at least 4 members (excludes halogenated alkanes) is 37. The van der Waals surface area contributed by atoms with Gasteiger partial charge in [0.1, 0.15) is 6.61 Å². The van der Waals surface area contributed by atoms with Crippen molar-refractivity contribution in [3.05, 3.63) is 122 Å². The Morgan fingerprint density at radius 1 is 0.344 bits per heavy atom. The Morgan fingerprint density at radius 3 is 0.911 bits per heavy atom.